The Hall–Kier alpha value is -2.49. The van der Waals surface area contributed by atoms with Gasteiger partial charge in [-0.2, -0.15) is 0 Å². The highest BCUT2D eigenvalue weighted by atomic mass is 35.5. The standard InChI is InChI=1S/C25H33Cl2N3O5S/c1-5-22(25(32)28-6-2)29(17-18-9-7-10-20(15-18)35-3)24(31)11-8-14-30(36(4,33)34)23-16-19(26)12-13-21(23)27/h7,9-10,12-13,15-16,22H,5-6,8,11,14,17H2,1-4H3,(H,28,32)/t22-/m1/s1. The van der Waals surface area contributed by atoms with Crippen LogP contribution in [0, 0.1) is 0 Å². The second kappa shape index (κ2) is 13.7. The summed E-state index contributed by atoms with van der Waals surface area (Å²) in [6.45, 7) is 4.34. The average molecular weight is 559 g/mol. The Morgan fingerprint density at radius 3 is 2.44 bits per heavy atom. The molecule has 0 aliphatic rings. The van der Waals surface area contributed by atoms with E-state index in [-0.39, 0.29) is 48.5 Å². The number of halogens is 2. The lowest BCUT2D eigenvalue weighted by Gasteiger charge is -2.31. The van der Waals surface area contributed by atoms with E-state index in [9.17, 15) is 18.0 Å². The van der Waals surface area contributed by atoms with Crippen molar-refractivity contribution in [2.24, 2.45) is 0 Å². The number of hydrogen-bond donors (Lipinski definition) is 1. The van der Waals surface area contributed by atoms with Crippen molar-refractivity contribution in [2.75, 3.05) is 30.8 Å². The van der Waals surface area contributed by atoms with Crippen LogP contribution >= 0.6 is 23.2 Å². The molecule has 0 aromatic heterocycles. The third-order valence-electron chi connectivity index (χ3n) is 5.55. The van der Waals surface area contributed by atoms with E-state index in [0.717, 1.165) is 16.1 Å². The zero-order valence-electron chi connectivity index (χ0n) is 21.0. The molecule has 2 aromatic carbocycles. The molecule has 1 atom stereocenters. The van der Waals surface area contributed by atoms with Gasteiger partial charge >= 0.3 is 0 Å². The fourth-order valence-electron chi connectivity index (χ4n) is 3.84. The lowest BCUT2D eigenvalue weighted by atomic mass is 10.1. The van der Waals surface area contributed by atoms with Gasteiger partial charge in [0.2, 0.25) is 21.8 Å². The van der Waals surface area contributed by atoms with Gasteiger partial charge in [-0.15, -0.1) is 0 Å². The van der Waals surface area contributed by atoms with Gasteiger partial charge in [-0.1, -0.05) is 42.3 Å². The highest BCUT2D eigenvalue weighted by Crippen LogP contribution is 2.31. The summed E-state index contributed by atoms with van der Waals surface area (Å²) in [4.78, 5) is 27.7. The second-order valence-corrected chi connectivity index (χ2v) is 11.0. The molecule has 0 aliphatic carbocycles. The molecule has 0 heterocycles. The fraction of sp³-hybridized carbons (Fsp3) is 0.440. The Bertz CT molecular complexity index is 1160. The van der Waals surface area contributed by atoms with Crippen LogP contribution in [0.15, 0.2) is 42.5 Å². The molecule has 2 aromatic rings. The van der Waals surface area contributed by atoms with Crippen LogP contribution < -0.4 is 14.4 Å². The van der Waals surface area contributed by atoms with Crippen molar-refractivity contribution in [3.8, 4) is 5.75 Å². The summed E-state index contributed by atoms with van der Waals surface area (Å²) in [5.74, 6) is 0.148. The van der Waals surface area contributed by atoms with Crippen molar-refractivity contribution in [1.29, 1.82) is 0 Å². The Labute approximate surface area is 223 Å². The summed E-state index contributed by atoms with van der Waals surface area (Å²) in [6.07, 6.45) is 1.75. The van der Waals surface area contributed by atoms with Crippen LogP contribution in [0.2, 0.25) is 10.0 Å². The fourth-order valence-corrected chi connectivity index (χ4v) is 5.24. The number of nitrogens with zero attached hydrogens (tertiary/aromatic N) is 2. The SMILES string of the molecule is CCNC(=O)[C@@H](CC)N(Cc1cccc(OC)c1)C(=O)CCCN(c1cc(Cl)ccc1Cl)S(C)(=O)=O. The average Bonchev–Trinajstić information content (AvgIpc) is 2.83. The number of methoxy groups -OCH3 is 1. The molecule has 198 valence electrons. The van der Waals surface area contributed by atoms with Gasteiger partial charge in [0, 0.05) is 31.1 Å². The maximum atomic E-state index is 13.4. The molecule has 2 amide bonds. The number of amides is 2. The lowest BCUT2D eigenvalue weighted by molar-refractivity contribution is -0.141. The van der Waals surface area contributed by atoms with E-state index < -0.39 is 16.1 Å². The minimum atomic E-state index is -3.69. The largest absolute Gasteiger partial charge is 0.497 e. The Morgan fingerprint density at radius 2 is 1.83 bits per heavy atom. The van der Waals surface area contributed by atoms with Crippen molar-refractivity contribution in [3.05, 3.63) is 58.1 Å². The Balaban J connectivity index is 2.25. The van der Waals surface area contributed by atoms with Crippen LogP contribution in [0.25, 0.3) is 0 Å². The van der Waals surface area contributed by atoms with Gasteiger partial charge in [-0.25, -0.2) is 8.42 Å². The van der Waals surface area contributed by atoms with Gasteiger partial charge in [0.15, 0.2) is 0 Å². The van der Waals surface area contributed by atoms with E-state index in [1.54, 1.807) is 19.2 Å². The molecule has 0 aliphatic heterocycles. The molecule has 0 fully saturated rings. The molecule has 2 rings (SSSR count). The molecular weight excluding hydrogens is 525 g/mol. The van der Waals surface area contributed by atoms with Crippen LogP contribution in [0.1, 0.15) is 38.7 Å². The summed E-state index contributed by atoms with van der Waals surface area (Å²) >= 11 is 12.3. The van der Waals surface area contributed by atoms with Crippen LogP contribution in [-0.4, -0.2) is 57.6 Å². The number of carbonyl (C=O) groups excluding carboxylic acids is 2. The molecule has 11 heteroatoms. The molecule has 1 N–H and O–H groups in total. The highest BCUT2D eigenvalue weighted by molar-refractivity contribution is 7.92. The third kappa shape index (κ3) is 8.28. The molecule has 0 saturated carbocycles. The Morgan fingerprint density at radius 1 is 1.11 bits per heavy atom. The van der Waals surface area contributed by atoms with E-state index in [2.05, 4.69) is 5.32 Å². The first-order valence-electron chi connectivity index (χ1n) is 11.6. The van der Waals surface area contributed by atoms with Crippen LogP contribution in [0.3, 0.4) is 0 Å². The number of benzene rings is 2. The molecule has 8 nitrogen and oxygen atoms in total. The lowest BCUT2D eigenvalue weighted by Crippen LogP contribution is -2.49. The van der Waals surface area contributed by atoms with Gasteiger partial charge in [-0.3, -0.25) is 13.9 Å². The predicted molar refractivity (Wildman–Crippen MR) is 144 cm³/mol. The first-order valence-corrected chi connectivity index (χ1v) is 14.2. The van der Waals surface area contributed by atoms with Crippen molar-refractivity contribution in [2.45, 2.75) is 45.7 Å². The molecule has 0 bridgehead atoms. The maximum absolute atomic E-state index is 13.4. The Kier molecular flexibility index (Phi) is 11.3. The number of ether oxygens (including phenoxy) is 1. The first-order chi connectivity index (χ1) is 17.0. The quantitative estimate of drug-likeness (QED) is 0.391. The summed E-state index contributed by atoms with van der Waals surface area (Å²) in [5, 5.41) is 3.37. The van der Waals surface area contributed by atoms with Crippen molar-refractivity contribution < 1.29 is 22.7 Å². The van der Waals surface area contributed by atoms with Gasteiger partial charge in [0.1, 0.15) is 11.8 Å². The number of anilines is 1. The van der Waals surface area contributed by atoms with E-state index in [4.69, 9.17) is 27.9 Å². The third-order valence-corrected chi connectivity index (χ3v) is 7.29. The number of nitrogens with one attached hydrogen (secondary N) is 1. The topological polar surface area (TPSA) is 96.0 Å². The number of hydrogen-bond acceptors (Lipinski definition) is 5. The zero-order valence-corrected chi connectivity index (χ0v) is 23.3. The number of likely N-dealkylation sites (N-methyl/N-ethyl adjacent to an activating group) is 1. The van der Waals surface area contributed by atoms with Crippen LogP contribution in [-0.2, 0) is 26.2 Å². The van der Waals surface area contributed by atoms with E-state index in [0.29, 0.717) is 23.7 Å². The van der Waals surface area contributed by atoms with Crippen molar-refractivity contribution in [3.63, 3.8) is 0 Å². The minimum absolute atomic E-state index is 0.0234. The normalized spacial score (nSPS) is 12.1. The van der Waals surface area contributed by atoms with E-state index in [1.807, 2.05) is 32.0 Å². The molecular formula is C25H33Cl2N3O5S. The molecule has 0 radical (unpaired) electrons. The van der Waals surface area contributed by atoms with Gasteiger partial charge in [-0.05, 0) is 55.7 Å². The molecule has 0 saturated heterocycles. The van der Waals surface area contributed by atoms with E-state index in [1.165, 1.54) is 17.0 Å². The van der Waals surface area contributed by atoms with Gasteiger partial charge in [0.25, 0.3) is 0 Å². The maximum Gasteiger partial charge on any atom is 0.242 e. The number of carbonyl (C=O) groups is 2. The zero-order chi connectivity index (χ0) is 26.9. The summed E-state index contributed by atoms with van der Waals surface area (Å²) in [7, 11) is -2.13. The van der Waals surface area contributed by atoms with Gasteiger partial charge in [0.05, 0.1) is 24.1 Å². The molecule has 0 unspecified atom stereocenters. The summed E-state index contributed by atoms with van der Waals surface area (Å²) in [6, 6.07) is 11.2. The molecule has 36 heavy (non-hydrogen) atoms. The minimum Gasteiger partial charge on any atom is -0.497 e. The van der Waals surface area contributed by atoms with Crippen molar-refractivity contribution in [1.82, 2.24) is 10.2 Å². The summed E-state index contributed by atoms with van der Waals surface area (Å²) in [5.41, 5.74) is 1.06. The van der Waals surface area contributed by atoms with Crippen molar-refractivity contribution >= 4 is 50.7 Å². The van der Waals surface area contributed by atoms with Crippen LogP contribution in [0.5, 0.6) is 5.75 Å². The highest BCUT2D eigenvalue weighted by Gasteiger charge is 2.29. The summed E-state index contributed by atoms with van der Waals surface area (Å²) < 4.78 is 31.4. The predicted octanol–water partition coefficient (Wildman–Crippen LogP) is 4.49. The number of sulfonamides is 1. The van der Waals surface area contributed by atoms with Crippen LogP contribution in [0.4, 0.5) is 5.69 Å². The number of rotatable bonds is 13. The monoisotopic (exact) mass is 557 g/mol. The second-order valence-electron chi connectivity index (χ2n) is 8.23. The first kappa shape index (κ1) is 29.7. The molecule has 0 spiro atoms. The smallest absolute Gasteiger partial charge is 0.242 e. The van der Waals surface area contributed by atoms with E-state index >= 15 is 0 Å². The van der Waals surface area contributed by atoms with Gasteiger partial charge < -0.3 is 15.0 Å².